The maximum atomic E-state index is 11.9. The smallest absolute Gasteiger partial charge is 0.240 e. The minimum atomic E-state index is -0.379. The van der Waals surface area contributed by atoms with Gasteiger partial charge in [0, 0.05) is 31.4 Å². The van der Waals surface area contributed by atoms with Gasteiger partial charge in [-0.3, -0.25) is 4.79 Å². The average molecular weight is 385 g/mol. The van der Waals surface area contributed by atoms with Gasteiger partial charge in [0.05, 0.1) is 17.5 Å². The molecule has 4 N–H and O–H groups in total. The highest BCUT2D eigenvalue weighted by Crippen LogP contribution is 2.39. The van der Waals surface area contributed by atoms with E-state index in [1.807, 2.05) is 6.20 Å². The SMILES string of the molecule is NC(=O)C(NC1=COCC2=C3C1=CN=C(N1CCCC(O)C1)N3CC2)C1CC1. The van der Waals surface area contributed by atoms with Gasteiger partial charge in [-0.05, 0) is 43.6 Å². The number of aliphatic imine (C=N–C) groups is 1. The molecule has 2 unspecified atom stereocenters. The number of hydrogen-bond donors (Lipinski definition) is 3. The molecule has 1 saturated heterocycles. The topological polar surface area (TPSA) is 103 Å². The molecule has 1 aliphatic carbocycles. The molecule has 4 heterocycles. The molecule has 0 radical (unpaired) electrons. The Kier molecular flexibility index (Phi) is 4.30. The van der Waals surface area contributed by atoms with Gasteiger partial charge in [-0.15, -0.1) is 0 Å². The van der Waals surface area contributed by atoms with Gasteiger partial charge in [0.2, 0.25) is 11.9 Å². The molecular formula is C20H27N5O3. The number of ether oxygens (including phenoxy) is 1. The van der Waals surface area contributed by atoms with Gasteiger partial charge in [-0.1, -0.05) is 0 Å². The largest absolute Gasteiger partial charge is 0.495 e. The Balaban J connectivity index is 1.46. The van der Waals surface area contributed by atoms with Crippen molar-refractivity contribution in [3.8, 4) is 0 Å². The third kappa shape index (κ3) is 3.05. The summed E-state index contributed by atoms with van der Waals surface area (Å²) in [6, 6.07) is -0.379. The van der Waals surface area contributed by atoms with Crippen molar-refractivity contribution >= 4 is 11.9 Å². The Morgan fingerprint density at radius 3 is 2.96 bits per heavy atom. The summed E-state index contributed by atoms with van der Waals surface area (Å²) in [7, 11) is 0. The van der Waals surface area contributed by atoms with Crippen LogP contribution in [0.1, 0.15) is 32.1 Å². The summed E-state index contributed by atoms with van der Waals surface area (Å²) in [6.07, 6.45) is 8.04. The first-order chi connectivity index (χ1) is 13.6. The number of aliphatic hydroxyl groups is 1. The molecule has 5 rings (SSSR count). The standard InChI is InChI=1S/C20H27N5O3/c21-19(27)17(12-3-4-12)23-16-11-28-10-13-5-7-25-18(13)15(16)8-22-20(25)24-6-1-2-14(26)9-24/h8,11-12,14,17,23,26H,1-7,9-10H2,(H2,21,27). The van der Waals surface area contributed by atoms with Crippen LogP contribution in [0, 0.1) is 5.92 Å². The molecule has 1 saturated carbocycles. The molecule has 5 aliphatic rings. The van der Waals surface area contributed by atoms with Crippen LogP contribution in [0.3, 0.4) is 0 Å². The van der Waals surface area contributed by atoms with Gasteiger partial charge in [0.15, 0.2) is 0 Å². The quantitative estimate of drug-likeness (QED) is 0.647. The Hall–Kier alpha value is -2.48. The van der Waals surface area contributed by atoms with Crippen molar-refractivity contribution in [3.05, 3.63) is 35.0 Å². The second-order valence-corrected chi connectivity index (χ2v) is 8.27. The second-order valence-electron chi connectivity index (χ2n) is 8.27. The van der Waals surface area contributed by atoms with Crippen LogP contribution in [-0.4, -0.2) is 65.2 Å². The van der Waals surface area contributed by atoms with E-state index in [9.17, 15) is 9.90 Å². The lowest BCUT2D eigenvalue weighted by Crippen LogP contribution is -2.50. The third-order valence-electron chi connectivity index (χ3n) is 6.19. The zero-order valence-corrected chi connectivity index (χ0v) is 15.9. The third-order valence-corrected chi connectivity index (χ3v) is 6.19. The Morgan fingerprint density at radius 1 is 1.36 bits per heavy atom. The number of nitrogens with two attached hydrogens (primary N) is 1. The van der Waals surface area contributed by atoms with Crippen LogP contribution < -0.4 is 11.1 Å². The van der Waals surface area contributed by atoms with Gasteiger partial charge < -0.3 is 30.7 Å². The number of amides is 1. The molecule has 150 valence electrons. The van der Waals surface area contributed by atoms with Crippen LogP contribution in [0.4, 0.5) is 0 Å². The van der Waals surface area contributed by atoms with Crippen molar-refractivity contribution in [2.75, 3.05) is 26.2 Å². The van der Waals surface area contributed by atoms with Crippen molar-refractivity contribution < 1.29 is 14.6 Å². The second kappa shape index (κ2) is 6.84. The van der Waals surface area contributed by atoms with E-state index in [-0.39, 0.29) is 18.1 Å². The molecule has 0 aromatic carbocycles. The van der Waals surface area contributed by atoms with Crippen LogP contribution in [0.25, 0.3) is 0 Å². The van der Waals surface area contributed by atoms with E-state index in [4.69, 9.17) is 15.5 Å². The number of guanidine groups is 1. The van der Waals surface area contributed by atoms with E-state index in [2.05, 4.69) is 15.1 Å². The first-order valence-electron chi connectivity index (χ1n) is 10.2. The van der Waals surface area contributed by atoms with E-state index in [1.165, 1.54) is 5.57 Å². The number of hydrogen-bond acceptors (Lipinski definition) is 7. The zero-order chi connectivity index (χ0) is 19.3. The summed E-state index contributed by atoms with van der Waals surface area (Å²) >= 11 is 0. The monoisotopic (exact) mass is 385 g/mol. The molecule has 0 aromatic heterocycles. The van der Waals surface area contributed by atoms with E-state index in [0.29, 0.717) is 19.1 Å². The van der Waals surface area contributed by atoms with Crippen molar-refractivity contribution in [2.24, 2.45) is 16.6 Å². The van der Waals surface area contributed by atoms with E-state index < -0.39 is 0 Å². The fraction of sp³-hybridized carbons (Fsp3) is 0.600. The normalized spacial score (nSPS) is 27.9. The summed E-state index contributed by atoms with van der Waals surface area (Å²) in [5, 5.41) is 13.4. The molecule has 0 bridgehead atoms. The molecule has 0 aromatic rings. The van der Waals surface area contributed by atoms with Gasteiger partial charge in [0.1, 0.15) is 18.9 Å². The Morgan fingerprint density at radius 2 is 2.21 bits per heavy atom. The van der Waals surface area contributed by atoms with Crippen molar-refractivity contribution in [1.29, 1.82) is 0 Å². The molecule has 0 spiro atoms. The molecule has 28 heavy (non-hydrogen) atoms. The van der Waals surface area contributed by atoms with Crippen molar-refractivity contribution in [2.45, 2.75) is 44.2 Å². The molecule has 4 aliphatic heterocycles. The first kappa shape index (κ1) is 17.6. The van der Waals surface area contributed by atoms with Crippen LogP contribution in [0.2, 0.25) is 0 Å². The van der Waals surface area contributed by atoms with E-state index >= 15 is 0 Å². The number of primary amides is 1. The van der Waals surface area contributed by atoms with Crippen LogP contribution in [-0.2, 0) is 9.53 Å². The van der Waals surface area contributed by atoms with Gasteiger partial charge in [-0.2, -0.15) is 0 Å². The summed E-state index contributed by atoms with van der Waals surface area (Å²) in [4.78, 5) is 21.1. The van der Waals surface area contributed by atoms with Gasteiger partial charge in [-0.25, -0.2) is 4.99 Å². The molecular weight excluding hydrogens is 358 g/mol. The number of carbonyl (C=O) groups excluding carboxylic acids is 1. The van der Waals surface area contributed by atoms with E-state index in [0.717, 1.165) is 68.1 Å². The molecule has 8 nitrogen and oxygen atoms in total. The van der Waals surface area contributed by atoms with Gasteiger partial charge >= 0.3 is 0 Å². The zero-order valence-electron chi connectivity index (χ0n) is 15.9. The molecule has 2 fully saturated rings. The van der Waals surface area contributed by atoms with Crippen molar-refractivity contribution in [1.82, 2.24) is 15.1 Å². The minimum Gasteiger partial charge on any atom is -0.495 e. The lowest BCUT2D eigenvalue weighted by molar-refractivity contribution is -0.120. The predicted molar refractivity (Wildman–Crippen MR) is 104 cm³/mol. The van der Waals surface area contributed by atoms with Crippen molar-refractivity contribution in [3.63, 3.8) is 0 Å². The number of aliphatic hydroxyl groups excluding tert-OH is 1. The summed E-state index contributed by atoms with van der Waals surface area (Å²) in [5.74, 6) is 0.878. The van der Waals surface area contributed by atoms with Crippen LogP contribution in [0.5, 0.6) is 0 Å². The van der Waals surface area contributed by atoms with Crippen LogP contribution >= 0.6 is 0 Å². The van der Waals surface area contributed by atoms with Gasteiger partial charge in [0.25, 0.3) is 0 Å². The lowest BCUT2D eigenvalue weighted by Gasteiger charge is -2.39. The lowest BCUT2D eigenvalue weighted by atomic mass is 10.0. The molecule has 1 amide bonds. The summed E-state index contributed by atoms with van der Waals surface area (Å²) < 4.78 is 5.80. The number of nitrogens with zero attached hydrogens (tertiary/aromatic N) is 3. The fourth-order valence-corrected chi connectivity index (χ4v) is 4.60. The number of carbonyl (C=O) groups is 1. The maximum absolute atomic E-state index is 11.9. The Labute approximate surface area is 164 Å². The number of piperidine rings is 1. The predicted octanol–water partition coefficient (Wildman–Crippen LogP) is 0.381. The number of rotatable bonds is 4. The summed E-state index contributed by atoms with van der Waals surface area (Å²) in [5.41, 5.74) is 9.73. The first-order valence-corrected chi connectivity index (χ1v) is 10.2. The highest BCUT2D eigenvalue weighted by atomic mass is 16.5. The summed E-state index contributed by atoms with van der Waals surface area (Å²) in [6.45, 7) is 2.91. The number of likely N-dealkylation sites (tertiary alicyclic amines) is 1. The highest BCUT2D eigenvalue weighted by molar-refractivity contribution is 5.87. The average Bonchev–Trinajstić information content (AvgIpc) is 3.45. The van der Waals surface area contributed by atoms with E-state index in [1.54, 1.807) is 6.26 Å². The molecule has 2 atom stereocenters. The minimum absolute atomic E-state index is 0.299. The van der Waals surface area contributed by atoms with Crippen LogP contribution in [0.15, 0.2) is 40.0 Å². The fourth-order valence-electron chi connectivity index (χ4n) is 4.60. The number of β-amino-alcohol motifs (C(OH)–C–C–N with tert-alkyl or cyclic N) is 1. The molecule has 8 heteroatoms. The highest BCUT2D eigenvalue weighted by Gasteiger charge is 2.40. The number of nitrogens with one attached hydrogen (secondary N) is 1. The maximum Gasteiger partial charge on any atom is 0.240 e. The Bertz CT molecular complexity index is 811.